The molecule has 0 unspecified atom stereocenters. The van der Waals surface area contributed by atoms with Gasteiger partial charge in [-0.05, 0) is 48.9 Å². The van der Waals surface area contributed by atoms with E-state index in [9.17, 15) is 23.1 Å². The minimum absolute atomic E-state index is 0.152. The standard InChI is InChI=1S/C22H21F3N4O2/c1-3-15(11-30)27-21(31)13-4-9-18-17(10-13)19-20(26-12-28(19)2)29(18)16-7-5-14(6-8-16)22(23,24)25/h4-10,12,15,30H,3,11H2,1-2H3,(H,27,31)/t15-/m1/s1. The van der Waals surface area contributed by atoms with Gasteiger partial charge in [-0.25, -0.2) is 4.98 Å². The highest BCUT2D eigenvalue weighted by atomic mass is 19.4. The van der Waals surface area contributed by atoms with Crippen LogP contribution in [0.1, 0.15) is 29.3 Å². The first-order valence-corrected chi connectivity index (χ1v) is 9.79. The van der Waals surface area contributed by atoms with Gasteiger partial charge in [-0.3, -0.25) is 9.36 Å². The number of amides is 1. The number of carbonyl (C=O) groups excluding carboxylic acids is 1. The fraction of sp³-hybridized carbons (Fsp3) is 0.273. The molecule has 1 atom stereocenters. The Hall–Kier alpha value is -3.33. The predicted octanol–water partition coefficient (Wildman–Crippen LogP) is 4.04. The molecule has 4 aromatic rings. The molecule has 31 heavy (non-hydrogen) atoms. The van der Waals surface area contributed by atoms with E-state index in [1.807, 2.05) is 18.5 Å². The minimum atomic E-state index is -4.41. The van der Waals surface area contributed by atoms with Crippen LogP contribution in [0.3, 0.4) is 0 Å². The number of hydrogen-bond acceptors (Lipinski definition) is 3. The summed E-state index contributed by atoms with van der Waals surface area (Å²) in [5, 5.41) is 12.9. The van der Waals surface area contributed by atoms with Crippen LogP contribution in [0, 0.1) is 0 Å². The van der Waals surface area contributed by atoms with Crippen LogP contribution in [-0.4, -0.2) is 37.8 Å². The van der Waals surface area contributed by atoms with E-state index in [1.54, 1.807) is 29.1 Å². The van der Waals surface area contributed by atoms with Gasteiger partial charge in [0.05, 0.1) is 35.6 Å². The Morgan fingerprint density at radius 3 is 2.52 bits per heavy atom. The summed E-state index contributed by atoms with van der Waals surface area (Å²) in [5.41, 5.74) is 2.30. The van der Waals surface area contributed by atoms with Crippen LogP contribution in [0.4, 0.5) is 13.2 Å². The number of carbonyl (C=O) groups is 1. The Bertz CT molecular complexity index is 1250. The highest BCUT2D eigenvalue weighted by Crippen LogP contribution is 2.34. The Morgan fingerprint density at radius 1 is 1.19 bits per heavy atom. The fourth-order valence-corrected chi connectivity index (χ4v) is 3.67. The maximum atomic E-state index is 13.0. The van der Waals surface area contributed by atoms with Crippen LogP contribution >= 0.6 is 0 Å². The van der Waals surface area contributed by atoms with Crippen LogP contribution in [0.2, 0.25) is 0 Å². The van der Waals surface area contributed by atoms with E-state index < -0.39 is 11.7 Å². The largest absolute Gasteiger partial charge is 0.416 e. The molecular formula is C22H21F3N4O2. The van der Waals surface area contributed by atoms with Crippen molar-refractivity contribution < 1.29 is 23.1 Å². The third-order valence-corrected chi connectivity index (χ3v) is 5.39. The van der Waals surface area contributed by atoms with Crippen molar-refractivity contribution in [3.63, 3.8) is 0 Å². The van der Waals surface area contributed by atoms with E-state index in [-0.39, 0.29) is 18.6 Å². The summed E-state index contributed by atoms with van der Waals surface area (Å²) in [6.07, 6.45) is -2.19. The zero-order valence-electron chi connectivity index (χ0n) is 16.9. The molecule has 0 spiro atoms. The van der Waals surface area contributed by atoms with E-state index in [0.29, 0.717) is 23.3 Å². The molecule has 162 valence electrons. The second-order valence-corrected chi connectivity index (χ2v) is 7.40. The highest BCUT2D eigenvalue weighted by Gasteiger charge is 2.30. The van der Waals surface area contributed by atoms with E-state index in [2.05, 4.69) is 10.3 Å². The normalized spacial score (nSPS) is 13.1. The molecule has 2 aromatic carbocycles. The number of nitrogens with zero attached hydrogens (tertiary/aromatic N) is 3. The van der Waals surface area contributed by atoms with Crippen LogP contribution in [0.5, 0.6) is 0 Å². The Labute approximate surface area is 175 Å². The van der Waals surface area contributed by atoms with Crippen molar-refractivity contribution in [3.8, 4) is 5.69 Å². The van der Waals surface area contributed by atoms with Crippen molar-refractivity contribution >= 4 is 28.0 Å². The SMILES string of the molecule is CC[C@H](CO)NC(=O)c1ccc2c(c1)c1c(ncn1C)n2-c1ccc(C(F)(F)F)cc1. The Kier molecular flexibility index (Phi) is 5.22. The van der Waals surface area contributed by atoms with Gasteiger partial charge >= 0.3 is 6.18 Å². The molecule has 0 fully saturated rings. The molecule has 2 aromatic heterocycles. The molecule has 0 saturated carbocycles. The topological polar surface area (TPSA) is 72.1 Å². The highest BCUT2D eigenvalue weighted by molar-refractivity contribution is 6.09. The lowest BCUT2D eigenvalue weighted by atomic mass is 10.1. The number of fused-ring (bicyclic) bond motifs is 3. The lowest BCUT2D eigenvalue weighted by Crippen LogP contribution is -2.36. The van der Waals surface area contributed by atoms with Crippen molar-refractivity contribution in [2.24, 2.45) is 7.05 Å². The number of halogens is 3. The zero-order valence-corrected chi connectivity index (χ0v) is 16.9. The smallest absolute Gasteiger partial charge is 0.394 e. The van der Waals surface area contributed by atoms with Gasteiger partial charge in [0.1, 0.15) is 0 Å². The zero-order chi connectivity index (χ0) is 22.3. The number of rotatable bonds is 5. The molecule has 1 amide bonds. The van der Waals surface area contributed by atoms with E-state index in [0.717, 1.165) is 28.6 Å². The molecule has 0 aliphatic carbocycles. The lowest BCUT2D eigenvalue weighted by molar-refractivity contribution is -0.137. The third kappa shape index (κ3) is 3.65. The molecular weight excluding hydrogens is 409 g/mol. The summed E-state index contributed by atoms with van der Waals surface area (Å²) in [6.45, 7) is 1.72. The second kappa shape index (κ2) is 7.73. The molecule has 0 aliphatic rings. The van der Waals surface area contributed by atoms with Crippen molar-refractivity contribution in [1.82, 2.24) is 19.4 Å². The number of aromatic nitrogens is 3. The third-order valence-electron chi connectivity index (χ3n) is 5.39. The Balaban J connectivity index is 1.84. The van der Waals surface area contributed by atoms with Crippen LogP contribution < -0.4 is 5.32 Å². The molecule has 0 aliphatic heterocycles. The van der Waals surface area contributed by atoms with Gasteiger partial charge in [0.15, 0.2) is 5.65 Å². The number of alkyl halides is 3. The van der Waals surface area contributed by atoms with Gasteiger partial charge in [-0.2, -0.15) is 13.2 Å². The second-order valence-electron chi connectivity index (χ2n) is 7.40. The number of nitrogens with one attached hydrogen (secondary N) is 1. The van der Waals surface area contributed by atoms with Gasteiger partial charge in [0, 0.05) is 23.7 Å². The molecule has 9 heteroatoms. The van der Waals surface area contributed by atoms with Crippen LogP contribution in [-0.2, 0) is 13.2 Å². The van der Waals surface area contributed by atoms with Crippen molar-refractivity contribution in [3.05, 3.63) is 59.9 Å². The molecule has 6 nitrogen and oxygen atoms in total. The first-order valence-electron chi connectivity index (χ1n) is 9.79. The molecule has 2 heterocycles. The van der Waals surface area contributed by atoms with Gasteiger partial charge in [-0.15, -0.1) is 0 Å². The molecule has 0 saturated heterocycles. The summed E-state index contributed by atoms with van der Waals surface area (Å²) < 4.78 is 42.5. The number of imidazole rings is 1. The lowest BCUT2D eigenvalue weighted by Gasteiger charge is -2.14. The molecule has 0 bridgehead atoms. The first kappa shape index (κ1) is 20.9. The Morgan fingerprint density at radius 2 is 1.90 bits per heavy atom. The average molecular weight is 430 g/mol. The van der Waals surface area contributed by atoms with Gasteiger partial charge < -0.3 is 15.0 Å². The van der Waals surface area contributed by atoms with Crippen LogP contribution in [0.25, 0.3) is 27.8 Å². The molecule has 2 N–H and O–H groups in total. The van der Waals surface area contributed by atoms with E-state index in [4.69, 9.17) is 0 Å². The predicted molar refractivity (Wildman–Crippen MR) is 111 cm³/mol. The van der Waals surface area contributed by atoms with Crippen LogP contribution in [0.15, 0.2) is 48.8 Å². The molecule has 4 rings (SSSR count). The number of benzene rings is 2. The summed E-state index contributed by atoms with van der Waals surface area (Å²) >= 11 is 0. The monoisotopic (exact) mass is 430 g/mol. The summed E-state index contributed by atoms with van der Waals surface area (Å²) in [6, 6.07) is 9.70. The van der Waals surface area contributed by atoms with Gasteiger partial charge in [0.2, 0.25) is 0 Å². The van der Waals surface area contributed by atoms with Crippen molar-refractivity contribution in [2.45, 2.75) is 25.6 Å². The van der Waals surface area contributed by atoms with Gasteiger partial charge in [0.25, 0.3) is 5.91 Å². The maximum Gasteiger partial charge on any atom is 0.416 e. The quantitative estimate of drug-likeness (QED) is 0.502. The first-order chi connectivity index (χ1) is 14.7. The van der Waals surface area contributed by atoms with E-state index >= 15 is 0 Å². The van der Waals surface area contributed by atoms with Crippen molar-refractivity contribution in [1.29, 1.82) is 0 Å². The maximum absolute atomic E-state index is 13.0. The van der Waals surface area contributed by atoms with Gasteiger partial charge in [-0.1, -0.05) is 6.92 Å². The minimum Gasteiger partial charge on any atom is -0.394 e. The number of aliphatic hydroxyl groups is 1. The number of aryl methyl sites for hydroxylation is 1. The van der Waals surface area contributed by atoms with Crippen molar-refractivity contribution in [2.75, 3.05) is 6.61 Å². The number of hydrogen-bond donors (Lipinski definition) is 2. The molecule has 0 radical (unpaired) electrons. The van der Waals surface area contributed by atoms with E-state index in [1.165, 1.54) is 12.1 Å². The summed E-state index contributed by atoms with van der Waals surface area (Å²) in [4.78, 5) is 17.0. The summed E-state index contributed by atoms with van der Waals surface area (Å²) in [5.74, 6) is -0.305. The average Bonchev–Trinajstić information content (AvgIpc) is 3.28. The summed E-state index contributed by atoms with van der Waals surface area (Å²) in [7, 11) is 1.82. The fourth-order valence-electron chi connectivity index (χ4n) is 3.67. The number of aliphatic hydroxyl groups excluding tert-OH is 1.